The monoisotopic (exact) mass is 268 g/mol. The molecule has 0 radical (unpaired) electrons. The lowest BCUT2D eigenvalue weighted by Gasteiger charge is -2.08. The molecule has 0 saturated heterocycles. The van der Waals surface area contributed by atoms with E-state index in [4.69, 9.17) is 11.6 Å². The van der Waals surface area contributed by atoms with Gasteiger partial charge in [0, 0.05) is 24.5 Å². The second-order valence-electron chi connectivity index (χ2n) is 4.72. The molecule has 0 aliphatic heterocycles. The summed E-state index contributed by atoms with van der Waals surface area (Å²) in [7, 11) is 0. The van der Waals surface area contributed by atoms with Gasteiger partial charge in [0.15, 0.2) is 0 Å². The van der Waals surface area contributed by atoms with Gasteiger partial charge in [-0.1, -0.05) is 43.6 Å². The van der Waals surface area contributed by atoms with Gasteiger partial charge < -0.3 is 10.6 Å². The average molecular weight is 269 g/mol. The van der Waals surface area contributed by atoms with E-state index >= 15 is 0 Å². The Balaban J connectivity index is 2.19. The fraction of sp³-hybridized carbons (Fsp3) is 0.500. The number of nitrogens with one attached hydrogen (secondary N) is 2. The van der Waals surface area contributed by atoms with E-state index in [1.54, 1.807) is 0 Å². The zero-order valence-electron chi connectivity index (χ0n) is 11.0. The second kappa shape index (κ2) is 8.11. The molecule has 0 aliphatic rings. The summed E-state index contributed by atoms with van der Waals surface area (Å²) < 4.78 is 0. The molecule has 0 unspecified atom stereocenters. The zero-order valence-corrected chi connectivity index (χ0v) is 11.8. The van der Waals surface area contributed by atoms with E-state index in [9.17, 15) is 4.79 Å². The molecule has 0 atom stereocenters. The van der Waals surface area contributed by atoms with Crippen LogP contribution in [0.3, 0.4) is 0 Å². The smallest absolute Gasteiger partial charge is 0.221 e. The van der Waals surface area contributed by atoms with Crippen molar-refractivity contribution in [1.29, 1.82) is 0 Å². The molecule has 2 N–H and O–H groups in total. The Kier molecular flexibility index (Phi) is 6.76. The molecular formula is C14H21ClN2O. The minimum absolute atomic E-state index is 0.0474. The third kappa shape index (κ3) is 6.03. The molecule has 1 rings (SSSR count). The van der Waals surface area contributed by atoms with Crippen molar-refractivity contribution in [3.05, 3.63) is 34.9 Å². The Morgan fingerprint density at radius 2 is 2.06 bits per heavy atom. The van der Waals surface area contributed by atoms with E-state index in [-0.39, 0.29) is 5.91 Å². The number of carbonyl (C=O) groups excluding carboxylic acids is 1. The summed E-state index contributed by atoms with van der Waals surface area (Å²) in [5, 5.41) is 6.79. The molecule has 0 fully saturated rings. The fourth-order valence-corrected chi connectivity index (χ4v) is 1.72. The highest BCUT2D eigenvalue weighted by Crippen LogP contribution is 2.14. The van der Waals surface area contributed by atoms with Gasteiger partial charge in [-0.3, -0.25) is 4.79 Å². The van der Waals surface area contributed by atoms with Gasteiger partial charge >= 0.3 is 0 Å². The highest BCUT2D eigenvalue weighted by molar-refractivity contribution is 6.31. The normalized spacial score (nSPS) is 10.7. The van der Waals surface area contributed by atoms with Crippen LogP contribution in [0, 0.1) is 5.92 Å². The van der Waals surface area contributed by atoms with E-state index in [1.165, 1.54) is 0 Å². The molecule has 3 nitrogen and oxygen atoms in total. The van der Waals surface area contributed by atoms with Gasteiger partial charge in [-0.2, -0.15) is 0 Å². The number of halogens is 1. The van der Waals surface area contributed by atoms with E-state index in [0.29, 0.717) is 30.5 Å². The summed E-state index contributed by atoms with van der Waals surface area (Å²) in [5.41, 5.74) is 0.947. The first-order valence-electron chi connectivity index (χ1n) is 6.30. The number of hydrogen-bond donors (Lipinski definition) is 2. The maximum absolute atomic E-state index is 11.6. The molecule has 0 bridgehead atoms. The van der Waals surface area contributed by atoms with Crippen LogP contribution >= 0.6 is 11.6 Å². The van der Waals surface area contributed by atoms with Gasteiger partial charge in [-0.05, 0) is 24.1 Å². The van der Waals surface area contributed by atoms with Gasteiger partial charge in [0.05, 0.1) is 0 Å². The lowest BCUT2D eigenvalue weighted by Crippen LogP contribution is -2.28. The van der Waals surface area contributed by atoms with Gasteiger partial charge in [-0.15, -0.1) is 0 Å². The summed E-state index contributed by atoms with van der Waals surface area (Å²) in [6.07, 6.45) is 0.497. The molecule has 0 aliphatic carbocycles. The number of amides is 1. The Hall–Kier alpha value is -1.06. The van der Waals surface area contributed by atoms with E-state index in [0.717, 1.165) is 12.1 Å². The third-order valence-corrected chi connectivity index (χ3v) is 2.88. The van der Waals surface area contributed by atoms with Crippen LogP contribution in [-0.4, -0.2) is 19.0 Å². The quantitative estimate of drug-likeness (QED) is 0.747. The van der Waals surface area contributed by atoms with Gasteiger partial charge in [0.25, 0.3) is 0 Å². The first-order valence-corrected chi connectivity index (χ1v) is 6.68. The van der Waals surface area contributed by atoms with Crippen LogP contribution in [0.25, 0.3) is 0 Å². The van der Waals surface area contributed by atoms with E-state index < -0.39 is 0 Å². The van der Waals surface area contributed by atoms with Crippen LogP contribution in [0.5, 0.6) is 0 Å². The van der Waals surface area contributed by atoms with Gasteiger partial charge in [0.2, 0.25) is 5.91 Å². The third-order valence-electron chi connectivity index (χ3n) is 2.52. The molecule has 0 aromatic heterocycles. The summed E-state index contributed by atoms with van der Waals surface area (Å²) in [4.78, 5) is 11.6. The molecule has 100 valence electrons. The van der Waals surface area contributed by atoms with Crippen LogP contribution in [0.2, 0.25) is 5.02 Å². The van der Waals surface area contributed by atoms with Crippen molar-refractivity contribution in [3.8, 4) is 0 Å². The fourth-order valence-electron chi connectivity index (χ4n) is 1.52. The topological polar surface area (TPSA) is 41.1 Å². The largest absolute Gasteiger partial charge is 0.352 e. The summed E-state index contributed by atoms with van der Waals surface area (Å²) in [6, 6.07) is 7.54. The number of hydrogen-bond acceptors (Lipinski definition) is 2. The number of carbonyl (C=O) groups is 1. The van der Waals surface area contributed by atoms with Crippen LogP contribution < -0.4 is 10.6 Å². The molecule has 0 saturated carbocycles. The van der Waals surface area contributed by atoms with Crippen molar-refractivity contribution in [2.24, 2.45) is 5.92 Å². The highest BCUT2D eigenvalue weighted by atomic mass is 35.5. The van der Waals surface area contributed by atoms with Crippen LogP contribution in [0.15, 0.2) is 24.3 Å². The van der Waals surface area contributed by atoms with Crippen LogP contribution in [0.1, 0.15) is 25.8 Å². The Morgan fingerprint density at radius 1 is 1.33 bits per heavy atom. The van der Waals surface area contributed by atoms with E-state index in [1.807, 2.05) is 24.3 Å². The zero-order chi connectivity index (χ0) is 13.4. The molecule has 18 heavy (non-hydrogen) atoms. The maximum Gasteiger partial charge on any atom is 0.221 e. The van der Waals surface area contributed by atoms with E-state index in [2.05, 4.69) is 24.5 Å². The van der Waals surface area contributed by atoms with Crippen molar-refractivity contribution in [2.75, 3.05) is 13.1 Å². The van der Waals surface area contributed by atoms with Crippen LogP contribution in [0.4, 0.5) is 0 Å². The molecular weight excluding hydrogens is 248 g/mol. The van der Waals surface area contributed by atoms with Crippen molar-refractivity contribution in [3.63, 3.8) is 0 Å². The molecule has 1 amide bonds. The molecule has 1 aromatic rings. The standard InChI is InChI=1S/C14H21ClN2O/c1-11(2)9-16-8-7-14(18)17-10-12-5-3-4-6-13(12)15/h3-6,11,16H,7-10H2,1-2H3,(H,17,18). The lowest BCUT2D eigenvalue weighted by atomic mass is 10.2. The summed E-state index contributed by atoms with van der Waals surface area (Å²) in [5.74, 6) is 0.655. The Morgan fingerprint density at radius 3 is 2.72 bits per heavy atom. The van der Waals surface area contributed by atoms with Crippen molar-refractivity contribution in [1.82, 2.24) is 10.6 Å². The van der Waals surface area contributed by atoms with Crippen LogP contribution in [-0.2, 0) is 11.3 Å². The summed E-state index contributed by atoms with van der Waals surface area (Å²) >= 11 is 6.01. The maximum atomic E-state index is 11.6. The Labute approximate surface area is 114 Å². The molecule has 0 spiro atoms. The summed E-state index contributed by atoms with van der Waals surface area (Å²) in [6.45, 7) is 6.43. The predicted molar refractivity (Wildman–Crippen MR) is 75.6 cm³/mol. The average Bonchev–Trinajstić information content (AvgIpc) is 2.33. The van der Waals surface area contributed by atoms with Gasteiger partial charge in [0.1, 0.15) is 0 Å². The molecule has 1 aromatic carbocycles. The highest BCUT2D eigenvalue weighted by Gasteiger charge is 2.03. The van der Waals surface area contributed by atoms with Crippen molar-refractivity contribution >= 4 is 17.5 Å². The van der Waals surface area contributed by atoms with Crippen molar-refractivity contribution < 1.29 is 4.79 Å². The first kappa shape index (κ1) is 15.0. The molecule has 4 heteroatoms. The molecule has 0 heterocycles. The predicted octanol–water partition coefficient (Wildman–Crippen LogP) is 2.59. The van der Waals surface area contributed by atoms with Gasteiger partial charge in [-0.25, -0.2) is 0 Å². The Bertz CT molecular complexity index is 380. The minimum Gasteiger partial charge on any atom is -0.352 e. The van der Waals surface area contributed by atoms with Crippen molar-refractivity contribution in [2.45, 2.75) is 26.8 Å². The lowest BCUT2D eigenvalue weighted by molar-refractivity contribution is -0.121. The second-order valence-corrected chi connectivity index (χ2v) is 5.12. The number of benzene rings is 1. The first-order chi connectivity index (χ1) is 8.59. The number of rotatable bonds is 7. The minimum atomic E-state index is 0.0474. The SMILES string of the molecule is CC(C)CNCCC(=O)NCc1ccccc1Cl.